The molecule has 0 aliphatic rings. The van der Waals surface area contributed by atoms with Crippen molar-refractivity contribution >= 4 is 15.9 Å². The molecule has 4 heteroatoms. The van der Waals surface area contributed by atoms with Crippen molar-refractivity contribution in [1.29, 1.82) is 5.26 Å². The summed E-state index contributed by atoms with van der Waals surface area (Å²) in [6, 6.07) is 8.02. The van der Waals surface area contributed by atoms with E-state index in [0.717, 1.165) is 15.8 Å². The molecule has 0 saturated carbocycles. The Balaban J connectivity index is 2.89. The van der Waals surface area contributed by atoms with E-state index < -0.39 is 6.10 Å². The lowest BCUT2D eigenvalue weighted by Gasteiger charge is -2.22. The first kappa shape index (κ1) is 16.0. The molecule has 1 aromatic rings. The van der Waals surface area contributed by atoms with Gasteiger partial charge in [0, 0.05) is 22.1 Å². The summed E-state index contributed by atoms with van der Waals surface area (Å²) in [6.45, 7) is 9.01. The minimum Gasteiger partial charge on any atom is -0.475 e. The van der Waals surface area contributed by atoms with E-state index in [1.165, 1.54) is 0 Å². The van der Waals surface area contributed by atoms with Crippen molar-refractivity contribution in [1.82, 2.24) is 5.32 Å². The van der Waals surface area contributed by atoms with Gasteiger partial charge in [-0.05, 0) is 45.4 Å². The average Bonchev–Trinajstić information content (AvgIpc) is 2.34. The first-order chi connectivity index (χ1) is 8.85. The highest BCUT2D eigenvalue weighted by molar-refractivity contribution is 9.10. The zero-order valence-corrected chi connectivity index (χ0v) is 13.5. The van der Waals surface area contributed by atoms with Gasteiger partial charge in [-0.3, -0.25) is 0 Å². The fourth-order valence-corrected chi connectivity index (χ4v) is 1.92. The summed E-state index contributed by atoms with van der Waals surface area (Å²) in [4.78, 5) is 0. The molecule has 1 N–H and O–H groups in total. The molecule has 3 nitrogen and oxygen atoms in total. The Morgan fingerprint density at radius 2 is 2.11 bits per heavy atom. The number of hydrogen-bond acceptors (Lipinski definition) is 3. The van der Waals surface area contributed by atoms with Crippen molar-refractivity contribution < 1.29 is 4.74 Å². The van der Waals surface area contributed by atoms with Crippen LogP contribution < -0.4 is 10.1 Å². The number of nitrogens with one attached hydrogen (secondary N) is 1. The lowest BCUT2D eigenvalue weighted by Crippen LogP contribution is -2.35. The largest absolute Gasteiger partial charge is 0.475 e. The van der Waals surface area contributed by atoms with Crippen LogP contribution in [0.15, 0.2) is 22.7 Å². The predicted octanol–water partition coefficient (Wildman–Crippen LogP) is 4.02. The van der Waals surface area contributed by atoms with Crippen molar-refractivity contribution in [2.45, 2.75) is 52.3 Å². The van der Waals surface area contributed by atoms with Crippen molar-refractivity contribution in [3.63, 3.8) is 0 Å². The third-order valence-corrected chi connectivity index (χ3v) is 3.11. The molecule has 0 heterocycles. The van der Waals surface area contributed by atoms with Gasteiger partial charge < -0.3 is 10.1 Å². The molecule has 0 radical (unpaired) electrons. The van der Waals surface area contributed by atoms with E-state index in [1.807, 2.05) is 25.1 Å². The molecule has 0 fully saturated rings. The third-order valence-electron chi connectivity index (χ3n) is 2.62. The van der Waals surface area contributed by atoms with E-state index in [1.54, 1.807) is 0 Å². The number of nitrogens with zero attached hydrogens (tertiary/aromatic N) is 1. The minimum absolute atomic E-state index is 0.0406. The van der Waals surface area contributed by atoms with Crippen LogP contribution in [0.2, 0.25) is 0 Å². The van der Waals surface area contributed by atoms with Gasteiger partial charge >= 0.3 is 0 Å². The molecule has 104 valence electrons. The molecule has 19 heavy (non-hydrogen) atoms. The zero-order chi connectivity index (χ0) is 14.5. The zero-order valence-electron chi connectivity index (χ0n) is 12.0. The summed E-state index contributed by atoms with van der Waals surface area (Å²) in [6.07, 6.45) is 0.285. The van der Waals surface area contributed by atoms with E-state index in [2.05, 4.69) is 48.1 Å². The molecule has 1 atom stereocenters. The maximum absolute atomic E-state index is 8.99. The summed E-state index contributed by atoms with van der Waals surface area (Å²) in [5, 5.41) is 12.4. The lowest BCUT2D eigenvalue weighted by atomic mass is 10.1. The van der Waals surface area contributed by atoms with E-state index in [9.17, 15) is 0 Å². The molecule has 0 aliphatic heterocycles. The second kappa shape index (κ2) is 6.93. The minimum atomic E-state index is -0.394. The highest BCUT2D eigenvalue weighted by Gasteiger charge is 2.14. The van der Waals surface area contributed by atoms with Gasteiger partial charge in [-0.25, -0.2) is 0 Å². The summed E-state index contributed by atoms with van der Waals surface area (Å²) < 4.78 is 6.75. The van der Waals surface area contributed by atoms with E-state index in [0.29, 0.717) is 13.0 Å². The van der Waals surface area contributed by atoms with Gasteiger partial charge in [0.25, 0.3) is 0 Å². The molecule has 0 aliphatic carbocycles. The highest BCUT2D eigenvalue weighted by Crippen LogP contribution is 2.25. The normalized spacial score (nSPS) is 12.8. The summed E-state index contributed by atoms with van der Waals surface area (Å²) >= 11 is 3.47. The van der Waals surface area contributed by atoms with Crippen LogP contribution in [-0.2, 0) is 6.54 Å². The molecule has 0 aromatic heterocycles. The highest BCUT2D eigenvalue weighted by atomic mass is 79.9. The first-order valence-corrected chi connectivity index (χ1v) is 7.24. The molecule has 1 aromatic carbocycles. The van der Waals surface area contributed by atoms with Crippen LogP contribution in [0, 0.1) is 11.3 Å². The maximum Gasteiger partial charge on any atom is 0.184 e. The number of ether oxygens (including phenoxy) is 1. The number of rotatable bonds is 5. The predicted molar refractivity (Wildman–Crippen MR) is 81.1 cm³/mol. The van der Waals surface area contributed by atoms with Crippen LogP contribution in [0.4, 0.5) is 0 Å². The Bertz CT molecular complexity index is 460. The van der Waals surface area contributed by atoms with Gasteiger partial charge in [0.15, 0.2) is 6.10 Å². The molecule has 0 amide bonds. The quantitative estimate of drug-likeness (QED) is 0.889. The summed E-state index contributed by atoms with van der Waals surface area (Å²) in [5.41, 5.74) is 1.09. The SMILES string of the molecule is CCC(C#N)Oc1ccc(Br)cc1CNC(C)(C)C. The average molecular weight is 325 g/mol. The molecular weight excluding hydrogens is 304 g/mol. The molecule has 1 rings (SSSR count). The van der Waals surface area contributed by atoms with Crippen LogP contribution in [0.25, 0.3) is 0 Å². The van der Waals surface area contributed by atoms with Crippen LogP contribution in [-0.4, -0.2) is 11.6 Å². The van der Waals surface area contributed by atoms with Crippen LogP contribution in [0.5, 0.6) is 5.75 Å². The Morgan fingerprint density at radius 1 is 1.42 bits per heavy atom. The van der Waals surface area contributed by atoms with Gasteiger partial charge in [0.2, 0.25) is 0 Å². The van der Waals surface area contributed by atoms with Gasteiger partial charge in [-0.1, -0.05) is 22.9 Å². The van der Waals surface area contributed by atoms with Crippen LogP contribution >= 0.6 is 15.9 Å². The van der Waals surface area contributed by atoms with Crippen molar-refractivity contribution in [2.24, 2.45) is 0 Å². The van der Waals surface area contributed by atoms with Gasteiger partial charge in [0.1, 0.15) is 11.8 Å². The first-order valence-electron chi connectivity index (χ1n) is 6.45. The second-order valence-corrected chi connectivity index (χ2v) is 6.42. The molecule has 0 spiro atoms. The van der Waals surface area contributed by atoms with E-state index in [4.69, 9.17) is 10.00 Å². The van der Waals surface area contributed by atoms with E-state index >= 15 is 0 Å². The third kappa shape index (κ3) is 5.63. The summed E-state index contributed by atoms with van der Waals surface area (Å²) in [7, 11) is 0. The molecule has 0 bridgehead atoms. The van der Waals surface area contributed by atoms with Gasteiger partial charge in [-0.15, -0.1) is 0 Å². The van der Waals surface area contributed by atoms with Crippen molar-refractivity contribution in [3.8, 4) is 11.8 Å². The number of halogens is 1. The van der Waals surface area contributed by atoms with Crippen LogP contribution in [0.3, 0.4) is 0 Å². The Labute approximate surface area is 124 Å². The molecule has 1 unspecified atom stereocenters. The maximum atomic E-state index is 8.99. The fourth-order valence-electron chi connectivity index (χ4n) is 1.52. The molecular formula is C15H21BrN2O. The number of hydrogen-bond donors (Lipinski definition) is 1. The Kier molecular flexibility index (Phi) is 5.84. The smallest absolute Gasteiger partial charge is 0.184 e. The number of benzene rings is 1. The second-order valence-electron chi connectivity index (χ2n) is 5.50. The monoisotopic (exact) mass is 324 g/mol. The van der Waals surface area contributed by atoms with Crippen LogP contribution in [0.1, 0.15) is 39.7 Å². The summed E-state index contributed by atoms with van der Waals surface area (Å²) in [5.74, 6) is 0.772. The van der Waals surface area contributed by atoms with Gasteiger partial charge in [0.05, 0.1) is 0 Å². The van der Waals surface area contributed by atoms with E-state index in [-0.39, 0.29) is 5.54 Å². The Morgan fingerprint density at radius 3 is 2.63 bits per heavy atom. The number of nitriles is 1. The van der Waals surface area contributed by atoms with Crippen molar-refractivity contribution in [2.75, 3.05) is 0 Å². The lowest BCUT2D eigenvalue weighted by molar-refractivity contribution is 0.248. The standard InChI is InChI=1S/C15H21BrN2O/c1-5-13(9-17)19-14-7-6-12(16)8-11(14)10-18-15(2,3)4/h6-8,13,18H,5,10H2,1-4H3. The topological polar surface area (TPSA) is 45.0 Å². The fraction of sp³-hybridized carbons (Fsp3) is 0.533. The molecule has 0 saturated heterocycles. The Hall–Kier alpha value is -1.05. The van der Waals surface area contributed by atoms with Crippen molar-refractivity contribution in [3.05, 3.63) is 28.2 Å². The van der Waals surface area contributed by atoms with Gasteiger partial charge in [-0.2, -0.15) is 5.26 Å².